The van der Waals surface area contributed by atoms with Gasteiger partial charge in [0.1, 0.15) is 11.5 Å². The molecule has 24 heavy (non-hydrogen) atoms. The highest BCUT2D eigenvalue weighted by Gasteiger charge is 2.09. The number of carboxylic acids is 1. The Morgan fingerprint density at radius 1 is 1.12 bits per heavy atom. The predicted octanol–water partition coefficient (Wildman–Crippen LogP) is 2.25. The van der Waals surface area contributed by atoms with Crippen molar-refractivity contribution in [2.24, 2.45) is 0 Å². The molecular formula is C16H25ClN2O5. The van der Waals surface area contributed by atoms with E-state index in [4.69, 9.17) is 14.6 Å². The van der Waals surface area contributed by atoms with Crippen molar-refractivity contribution in [3.63, 3.8) is 0 Å². The van der Waals surface area contributed by atoms with Crippen LogP contribution in [0.2, 0.25) is 0 Å². The van der Waals surface area contributed by atoms with Crippen LogP contribution in [0.3, 0.4) is 0 Å². The van der Waals surface area contributed by atoms with Crippen molar-refractivity contribution in [2.75, 3.05) is 39.7 Å². The van der Waals surface area contributed by atoms with Crippen LogP contribution in [-0.4, -0.2) is 56.2 Å². The first-order valence-electron chi connectivity index (χ1n) is 7.38. The maximum absolute atomic E-state index is 12.0. The Balaban J connectivity index is 0.00000529. The van der Waals surface area contributed by atoms with Crippen LogP contribution < -0.4 is 14.8 Å². The van der Waals surface area contributed by atoms with Crippen molar-refractivity contribution >= 4 is 30.0 Å². The summed E-state index contributed by atoms with van der Waals surface area (Å²) < 4.78 is 10.3. The highest BCUT2D eigenvalue weighted by Crippen LogP contribution is 2.25. The van der Waals surface area contributed by atoms with E-state index in [-0.39, 0.29) is 31.3 Å². The van der Waals surface area contributed by atoms with Crippen molar-refractivity contribution < 1.29 is 24.2 Å². The Kier molecular flexibility index (Phi) is 10.6. The van der Waals surface area contributed by atoms with E-state index in [1.165, 1.54) is 0 Å². The van der Waals surface area contributed by atoms with Crippen LogP contribution in [0.15, 0.2) is 18.2 Å². The van der Waals surface area contributed by atoms with E-state index in [9.17, 15) is 9.59 Å². The molecule has 2 N–H and O–H groups in total. The number of likely N-dealkylation sites (N-methyl/N-ethyl adjacent to an activating group) is 1. The van der Waals surface area contributed by atoms with Gasteiger partial charge in [0.05, 0.1) is 20.8 Å². The Bertz CT molecular complexity index is 517. The Morgan fingerprint density at radius 3 is 2.21 bits per heavy atom. The number of unbranched alkanes of at least 4 members (excludes halogenated alkanes) is 1. The van der Waals surface area contributed by atoms with Gasteiger partial charge in [0.25, 0.3) is 0 Å². The number of carboxylic acid groups (broad SMARTS) is 1. The molecule has 0 aromatic heterocycles. The lowest BCUT2D eigenvalue weighted by atomic mass is 10.2. The number of nitrogens with one attached hydrogen (secondary N) is 1. The molecule has 0 aliphatic heterocycles. The van der Waals surface area contributed by atoms with Crippen molar-refractivity contribution in [1.82, 2.24) is 4.90 Å². The van der Waals surface area contributed by atoms with Crippen LogP contribution in [-0.2, 0) is 9.59 Å². The molecule has 0 aliphatic carbocycles. The minimum atomic E-state index is -0.794. The summed E-state index contributed by atoms with van der Waals surface area (Å²) in [6.07, 6.45) is 1.50. The smallest absolute Gasteiger partial charge is 0.303 e. The van der Waals surface area contributed by atoms with Gasteiger partial charge in [-0.3, -0.25) is 14.5 Å². The van der Waals surface area contributed by atoms with Crippen LogP contribution in [0.25, 0.3) is 0 Å². The van der Waals surface area contributed by atoms with Crippen molar-refractivity contribution in [2.45, 2.75) is 19.3 Å². The molecule has 0 saturated heterocycles. The number of methoxy groups -OCH3 is 2. The lowest BCUT2D eigenvalue weighted by Gasteiger charge is -2.16. The van der Waals surface area contributed by atoms with Crippen LogP contribution in [0.1, 0.15) is 19.3 Å². The second-order valence-corrected chi connectivity index (χ2v) is 5.24. The molecule has 0 bridgehead atoms. The fraction of sp³-hybridized carbons (Fsp3) is 0.500. The average molecular weight is 361 g/mol. The van der Waals surface area contributed by atoms with Gasteiger partial charge < -0.3 is 19.9 Å². The van der Waals surface area contributed by atoms with Crippen molar-refractivity contribution in [3.05, 3.63) is 18.2 Å². The topological polar surface area (TPSA) is 88.1 Å². The number of nitrogens with zero attached hydrogens (tertiary/aromatic N) is 1. The number of ether oxygens (including phenoxy) is 2. The third-order valence-corrected chi connectivity index (χ3v) is 3.23. The first kappa shape index (κ1) is 22.0. The van der Waals surface area contributed by atoms with Gasteiger partial charge in [0.15, 0.2) is 0 Å². The van der Waals surface area contributed by atoms with Crippen molar-refractivity contribution in [3.8, 4) is 11.5 Å². The Labute approximate surface area is 148 Å². The zero-order valence-corrected chi connectivity index (χ0v) is 15.0. The minimum Gasteiger partial charge on any atom is -0.497 e. The zero-order chi connectivity index (χ0) is 17.2. The summed E-state index contributed by atoms with van der Waals surface area (Å²) in [5, 5.41) is 11.4. The van der Waals surface area contributed by atoms with E-state index in [0.29, 0.717) is 30.2 Å². The number of anilines is 1. The largest absolute Gasteiger partial charge is 0.497 e. The molecule has 1 amide bonds. The number of aliphatic carboxylic acids is 1. The lowest BCUT2D eigenvalue weighted by molar-refractivity contribution is -0.137. The third kappa shape index (κ3) is 8.59. The van der Waals surface area contributed by atoms with E-state index in [1.54, 1.807) is 32.4 Å². The number of carbonyl (C=O) groups excluding carboxylic acids is 1. The molecule has 0 atom stereocenters. The molecular weight excluding hydrogens is 336 g/mol. The van der Waals surface area contributed by atoms with Gasteiger partial charge in [-0.2, -0.15) is 0 Å². The first-order valence-corrected chi connectivity index (χ1v) is 7.38. The van der Waals surface area contributed by atoms with Gasteiger partial charge in [-0.15, -0.1) is 12.4 Å². The number of hydrogen-bond donors (Lipinski definition) is 2. The summed E-state index contributed by atoms with van der Waals surface area (Å²) >= 11 is 0. The van der Waals surface area contributed by atoms with Gasteiger partial charge in [-0.05, 0) is 26.4 Å². The summed E-state index contributed by atoms with van der Waals surface area (Å²) in [5.74, 6) is 0.252. The third-order valence-electron chi connectivity index (χ3n) is 3.23. The highest BCUT2D eigenvalue weighted by atomic mass is 35.5. The molecule has 0 radical (unpaired) electrons. The number of rotatable bonds is 10. The molecule has 0 spiro atoms. The number of carbonyl (C=O) groups is 2. The van der Waals surface area contributed by atoms with Gasteiger partial charge in [0, 0.05) is 30.3 Å². The normalized spacial score (nSPS) is 10.0. The SMILES string of the molecule is COc1cc(NC(=O)CN(C)CCCCC(=O)O)cc(OC)c1.Cl. The van der Waals surface area contributed by atoms with Gasteiger partial charge >= 0.3 is 5.97 Å². The lowest BCUT2D eigenvalue weighted by Crippen LogP contribution is -2.31. The maximum atomic E-state index is 12.0. The summed E-state index contributed by atoms with van der Waals surface area (Å²) in [4.78, 5) is 24.3. The molecule has 1 aromatic rings. The van der Waals surface area contributed by atoms with E-state index in [2.05, 4.69) is 5.32 Å². The maximum Gasteiger partial charge on any atom is 0.303 e. The first-order chi connectivity index (χ1) is 10.9. The molecule has 7 nitrogen and oxygen atoms in total. The predicted molar refractivity (Wildman–Crippen MR) is 94.4 cm³/mol. The van der Waals surface area contributed by atoms with Crippen LogP contribution in [0.4, 0.5) is 5.69 Å². The molecule has 0 aliphatic rings. The standard InChI is InChI=1S/C16H24N2O5.ClH/c1-18(7-5-4-6-16(20)21)11-15(19)17-12-8-13(22-2)10-14(9-12)23-3;/h8-10H,4-7,11H2,1-3H3,(H,17,19)(H,20,21);1H. The summed E-state index contributed by atoms with van der Waals surface area (Å²) in [7, 11) is 4.92. The summed E-state index contributed by atoms with van der Waals surface area (Å²) in [5.41, 5.74) is 0.602. The van der Waals surface area contributed by atoms with Gasteiger partial charge in [-0.1, -0.05) is 0 Å². The fourth-order valence-corrected chi connectivity index (χ4v) is 2.06. The van der Waals surface area contributed by atoms with Crippen LogP contribution in [0.5, 0.6) is 11.5 Å². The molecule has 1 aromatic carbocycles. The van der Waals surface area contributed by atoms with E-state index >= 15 is 0 Å². The minimum absolute atomic E-state index is 0. The van der Waals surface area contributed by atoms with Crippen molar-refractivity contribution in [1.29, 1.82) is 0 Å². The average Bonchev–Trinajstić information content (AvgIpc) is 2.50. The molecule has 8 heteroatoms. The number of benzene rings is 1. The Morgan fingerprint density at radius 2 is 1.71 bits per heavy atom. The monoisotopic (exact) mass is 360 g/mol. The summed E-state index contributed by atoms with van der Waals surface area (Å²) in [6.45, 7) is 0.898. The highest BCUT2D eigenvalue weighted by molar-refractivity contribution is 5.92. The molecule has 0 unspecified atom stereocenters. The zero-order valence-electron chi connectivity index (χ0n) is 14.2. The number of amides is 1. The number of hydrogen-bond acceptors (Lipinski definition) is 5. The van der Waals surface area contributed by atoms with E-state index in [0.717, 1.165) is 6.42 Å². The number of halogens is 1. The van der Waals surface area contributed by atoms with Crippen LogP contribution in [0, 0.1) is 0 Å². The van der Waals surface area contributed by atoms with Crippen LogP contribution >= 0.6 is 12.4 Å². The Hall–Kier alpha value is -1.99. The van der Waals surface area contributed by atoms with E-state index < -0.39 is 5.97 Å². The summed E-state index contributed by atoms with van der Waals surface area (Å²) in [6, 6.07) is 5.16. The molecule has 0 heterocycles. The molecule has 0 fully saturated rings. The fourth-order valence-electron chi connectivity index (χ4n) is 2.06. The molecule has 1 rings (SSSR count). The van der Waals surface area contributed by atoms with Gasteiger partial charge in [-0.25, -0.2) is 0 Å². The molecule has 0 saturated carbocycles. The van der Waals surface area contributed by atoms with Gasteiger partial charge in [0.2, 0.25) is 5.91 Å². The second kappa shape index (κ2) is 11.5. The second-order valence-electron chi connectivity index (χ2n) is 5.24. The van der Waals surface area contributed by atoms with E-state index in [1.807, 2.05) is 11.9 Å². The molecule has 136 valence electrons. The quantitative estimate of drug-likeness (QED) is 0.622.